The Hall–Kier alpha value is -3.13. The van der Waals surface area contributed by atoms with Crippen LogP contribution >= 0.6 is 0 Å². The molecule has 2 heterocycles. The number of halogens is 2. The molecule has 3 atom stereocenters. The van der Waals surface area contributed by atoms with Gasteiger partial charge in [-0.1, -0.05) is 6.07 Å². The highest BCUT2D eigenvalue weighted by atomic mass is 19.1. The maximum absolute atomic E-state index is 14.4. The molecule has 2 aromatic heterocycles. The lowest BCUT2D eigenvalue weighted by Gasteiger charge is -2.15. The molecule has 1 fully saturated rings. The first-order valence-corrected chi connectivity index (χ1v) is 9.46. The molecule has 0 aliphatic heterocycles. The van der Waals surface area contributed by atoms with Crippen LogP contribution in [-0.4, -0.2) is 32.4 Å². The molecule has 0 spiro atoms. The predicted molar refractivity (Wildman–Crippen MR) is 99.6 cm³/mol. The van der Waals surface area contributed by atoms with Crippen molar-refractivity contribution in [3.05, 3.63) is 76.9 Å². The number of aliphatic hydroxyl groups is 1. The molecular weight excluding hydrogens is 378 g/mol. The average Bonchev–Trinajstić information content (AvgIpc) is 3.23. The van der Waals surface area contributed by atoms with Gasteiger partial charge in [-0.15, -0.1) is 0 Å². The quantitative estimate of drug-likeness (QED) is 0.695. The third kappa shape index (κ3) is 3.00. The summed E-state index contributed by atoms with van der Waals surface area (Å²) < 4.78 is 29.2. The topological polar surface area (TPSA) is 80.0 Å². The van der Waals surface area contributed by atoms with Gasteiger partial charge >= 0.3 is 0 Å². The van der Waals surface area contributed by atoms with Gasteiger partial charge in [0.2, 0.25) is 0 Å². The maximum atomic E-state index is 14.4. The zero-order valence-electron chi connectivity index (χ0n) is 15.3. The van der Waals surface area contributed by atoms with E-state index >= 15 is 0 Å². The van der Waals surface area contributed by atoms with Gasteiger partial charge in [0.1, 0.15) is 11.5 Å². The van der Waals surface area contributed by atoms with Crippen molar-refractivity contribution in [1.82, 2.24) is 20.1 Å². The van der Waals surface area contributed by atoms with E-state index in [1.807, 2.05) is 0 Å². The Morgan fingerprint density at radius 1 is 1.31 bits per heavy atom. The van der Waals surface area contributed by atoms with E-state index in [1.54, 1.807) is 24.4 Å². The second-order valence-electron chi connectivity index (χ2n) is 7.49. The fourth-order valence-electron chi connectivity index (χ4n) is 4.16. The summed E-state index contributed by atoms with van der Waals surface area (Å²) in [6.45, 7) is -0.316. The summed E-state index contributed by atoms with van der Waals surface area (Å²) >= 11 is 0. The first-order chi connectivity index (χ1) is 14.1. The molecule has 2 aliphatic rings. The third-order valence-corrected chi connectivity index (χ3v) is 5.65. The molecule has 2 aliphatic carbocycles. The van der Waals surface area contributed by atoms with Crippen molar-refractivity contribution < 1.29 is 18.7 Å². The Labute approximate surface area is 165 Å². The number of aromatic nitrogens is 3. The molecule has 0 unspecified atom stereocenters. The molecule has 8 heteroatoms. The summed E-state index contributed by atoms with van der Waals surface area (Å²) in [4.78, 5) is 17.1. The summed E-state index contributed by atoms with van der Waals surface area (Å²) in [5.74, 6) is -1.17. The van der Waals surface area contributed by atoms with Crippen LogP contribution in [0.25, 0.3) is 5.69 Å². The Kier molecular flexibility index (Phi) is 4.16. The fraction of sp³-hybridized carbons (Fsp3) is 0.286. The van der Waals surface area contributed by atoms with Gasteiger partial charge in [-0.25, -0.2) is 13.5 Å². The van der Waals surface area contributed by atoms with Crippen LogP contribution in [0.3, 0.4) is 0 Å². The largest absolute Gasteiger partial charge is 0.394 e. The fourth-order valence-corrected chi connectivity index (χ4v) is 4.16. The molecule has 2 N–H and O–H groups in total. The lowest BCUT2D eigenvalue weighted by Crippen LogP contribution is -2.32. The molecule has 1 saturated carbocycles. The number of nitrogens with zero attached hydrogens (tertiary/aromatic N) is 3. The van der Waals surface area contributed by atoms with Crippen LogP contribution in [0.4, 0.5) is 8.78 Å². The van der Waals surface area contributed by atoms with Crippen LogP contribution < -0.4 is 5.32 Å². The van der Waals surface area contributed by atoms with Crippen molar-refractivity contribution in [1.29, 1.82) is 0 Å². The average molecular weight is 396 g/mol. The summed E-state index contributed by atoms with van der Waals surface area (Å²) in [7, 11) is 0. The monoisotopic (exact) mass is 396 g/mol. The Balaban J connectivity index is 1.51. The van der Waals surface area contributed by atoms with Crippen LogP contribution in [0.2, 0.25) is 0 Å². The van der Waals surface area contributed by atoms with Gasteiger partial charge in [-0.05, 0) is 43.0 Å². The molecule has 6 nitrogen and oxygen atoms in total. The van der Waals surface area contributed by atoms with Gasteiger partial charge in [-0.2, -0.15) is 5.10 Å². The van der Waals surface area contributed by atoms with E-state index in [9.17, 15) is 18.7 Å². The number of hydrogen-bond acceptors (Lipinski definition) is 4. The van der Waals surface area contributed by atoms with Crippen LogP contribution in [0, 0.1) is 17.6 Å². The molecule has 3 aromatic rings. The first kappa shape index (κ1) is 17.9. The van der Waals surface area contributed by atoms with Crippen LogP contribution in [0.5, 0.6) is 0 Å². The predicted octanol–water partition coefficient (Wildman–Crippen LogP) is 2.67. The number of hydrogen-bond donors (Lipinski definition) is 2. The molecule has 0 bridgehead atoms. The van der Waals surface area contributed by atoms with Crippen LogP contribution in [0.1, 0.15) is 45.8 Å². The third-order valence-electron chi connectivity index (χ3n) is 5.65. The number of rotatable bonds is 5. The van der Waals surface area contributed by atoms with E-state index < -0.39 is 23.6 Å². The number of pyridine rings is 1. The zero-order chi connectivity index (χ0) is 20.1. The summed E-state index contributed by atoms with van der Waals surface area (Å²) in [5, 5.41) is 16.9. The van der Waals surface area contributed by atoms with Gasteiger partial charge in [0.15, 0.2) is 11.5 Å². The molecule has 1 aromatic carbocycles. The van der Waals surface area contributed by atoms with E-state index in [1.165, 1.54) is 16.8 Å². The summed E-state index contributed by atoms with van der Waals surface area (Å²) in [6.07, 6.45) is 3.27. The maximum Gasteiger partial charge on any atom is 0.272 e. The molecule has 0 saturated heterocycles. The molecule has 5 rings (SSSR count). The Bertz CT molecular complexity index is 1100. The Morgan fingerprint density at radius 3 is 2.90 bits per heavy atom. The number of fused-ring (bicyclic) bond motifs is 3. The highest BCUT2D eigenvalue weighted by molar-refractivity contribution is 5.94. The minimum atomic E-state index is -0.729. The molecule has 0 radical (unpaired) electrons. The zero-order valence-corrected chi connectivity index (χ0v) is 15.3. The summed E-state index contributed by atoms with van der Waals surface area (Å²) in [5.41, 5.74) is 2.49. The second kappa shape index (κ2) is 6.73. The molecule has 29 heavy (non-hydrogen) atoms. The van der Waals surface area contributed by atoms with Gasteiger partial charge in [0.05, 0.1) is 24.0 Å². The number of carbonyl (C=O) groups is 1. The molecular formula is C21H18F2N4O2. The highest BCUT2D eigenvalue weighted by Gasteiger charge is 2.50. The molecule has 1 amide bonds. The standard InChI is InChI=1S/C21H18F2N4O2/c22-12-4-5-18(15(23)9-12)27-20-13-7-11(13)8-14(20)19(26-27)21(29)25-17(10-28)16-3-1-2-6-24-16/h1-6,9,11,13,17,28H,7-8,10H2,(H,25,29)/t11-,13-,17+/m0/s1. The van der Waals surface area contributed by atoms with Crippen molar-refractivity contribution in [3.8, 4) is 5.69 Å². The van der Waals surface area contributed by atoms with E-state index in [-0.39, 0.29) is 23.9 Å². The number of benzene rings is 1. The number of nitrogens with one attached hydrogen (secondary N) is 1. The Morgan fingerprint density at radius 2 is 2.17 bits per heavy atom. The summed E-state index contributed by atoms with van der Waals surface area (Å²) in [6, 6.07) is 7.88. The van der Waals surface area contributed by atoms with Crippen molar-refractivity contribution in [2.45, 2.75) is 24.8 Å². The minimum Gasteiger partial charge on any atom is -0.394 e. The van der Waals surface area contributed by atoms with Gasteiger partial charge < -0.3 is 10.4 Å². The van der Waals surface area contributed by atoms with Crippen molar-refractivity contribution in [2.75, 3.05) is 6.61 Å². The lowest BCUT2D eigenvalue weighted by molar-refractivity contribution is 0.0908. The second-order valence-corrected chi connectivity index (χ2v) is 7.49. The number of aliphatic hydroxyl groups excluding tert-OH is 1. The van der Waals surface area contributed by atoms with Gasteiger partial charge in [0, 0.05) is 23.7 Å². The van der Waals surface area contributed by atoms with Crippen molar-refractivity contribution in [2.24, 2.45) is 5.92 Å². The van der Waals surface area contributed by atoms with Crippen molar-refractivity contribution >= 4 is 5.91 Å². The normalized spacial score (nSPS) is 20.1. The van der Waals surface area contributed by atoms with Crippen LogP contribution in [0.15, 0.2) is 42.6 Å². The minimum absolute atomic E-state index is 0.123. The smallest absolute Gasteiger partial charge is 0.272 e. The van der Waals surface area contributed by atoms with E-state index in [0.29, 0.717) is 18.0 Å². The lowest BCUT2D eigenvalue weighted by atomic mass is 10.1. The first-order valence-electron chi connectivity index (χ1n) is 9.46. The van der Waals surface area contributed by atoms with E-state index in [2.05, 4.69) is 15.4 Å². The number of carbonyl (C=O) groups excluding carboxylic acids is 1. The van der Waals surface area contributed by atoms with E-state index in [4.69, 9.17) is 0 Å². The van der Waals surface area contributed by atoms with Crippen molar-refractivity contribution in [3.63, 3.8) is 0 Å². The molecule has 148 valence electrons. The number of amides is 1. The van der Waals surface area contributed by atoms with Gasteiger partial charge in [-0.3, -0.25) is 9.78 Å². The van der Waals surface area contributed by atoms with E-state index in [0.717, 1.165) is 23.7 Å². The SMILES string of the molecule is O=C(N[C@H](CO)c1ccccn1)c1nn(-c2ccc(F)cc2F)c2c1C[C@@H]1C[C@H]21. The van der Waals surface area contributed by atoms with Crippen LogP contribution in [-0.2, 0) is 6.42 Å². The van der Waals surface area contributed by atoms with Gasteiger partial charge in [0.25, 0.3) is 5.91 Å². The highest BCUT2D eigenvalue weighted by Crippen LogP contribution is 2.57.